The van der Waals surface area contributed by atoms with E-state index in [9.17, 15) is 0 Å². The van der Waals surface area contributed by atoms with Gasteiger partial charge in [0.05, 0.1) is 0 Å². The average molecular weight is 284 g/mol. The molecule has 0 aliphatic rings. The minimum Gasteiger partial charge on any atom is -0.324 e. The minimum absolute atomic E-state index is 0.141. The SMILES string of the molecule is CC(CC(N)c1ccc(Br)cc1)C(C)(C)C. The van der Waals surface area contributed by atoms with E-state index in [4.69, 9.17) is 5.73 Å². The first kappa shape index (κ1) is 13.7. The first-order valence-corrected chi connectivity index (χ1v) is 6.61. The highest BCUT2D eigenvalue weighted by Gasteiger charge is 2.22. The van der Waals surface area contributed by atoms with Crippen molar-refractivity contribution in [1.29, 1.82) is 0 Å². The summed E-state index contributed by atoms with van der Waals surface area (Å²) < 4.78 is 1.10. The summed E-state index contributed by atoms with van der Waals surface area (Å²) in [6, 6.07) is 8.45. The highest BCUT2D eigenvalue weighted by molar-refractivity contribution is 9.10. The second kappa shape index (κ2) is 5.33. The van der Waals surface area contributed by atoms with E-state index in [1.54, 1.807) is 0 Å². The van der Waals surface area contributed by atoms with Gasteiger partial charge in [0.1, 0.15) is 0 Å². The summed E-state index contributed by atoms with van der Waals surface area (Å²) >= 11 is 3.44. The summed E-state index contributed by atoms with van der Waals surface area (Å²) in [6.45, 7) is 9.09. The Morgan fingerprint density at radius 2 is 1.69 bits per heavy atom. The molecular formula is C14H22BrN. The van der Waals surface area contributed by atoms with E-state index < -0.39 is 0 Å². The normalized spacial score (nSPS) is 15.9. The third-order valence-electron chi connectivity index (χ3n) is 3.38. The highest BCUT2D eigenvalue weighted by Crippen LogP contribution is 2.32. The van der Waals surface area contributed by atoms with Gasteiger partial charge in [-0.3, -0.25) is 0 Å². The Kier molecular flexibility index (Phi) is 4.57. The molecule has 0 bridgehead atoms. The van der Waals surface area contributed by atoms with Crippen molar-refractivity contribution in [2.75, 3.05) is 0 Å². The second-order valence-electron chi connectivity index (χ2n) is 5.66. The van der Waals surface area contributed by atoms with Gasteiger partial charge in [-0.05, 0) is 35.4 Å². The smallest absolute Gasteiger partial charge is 0.0297 e. The second-order valence-corrected chi connectivity index (χ2v) is 6.58. The van der Waals surface area contributed by atoms with E-state index in [2.05, 4.69) is 67.9 Å². The lowest BCUT2D eigenvalue weighted by Gasteiger charge is -2.29. The molecule has 2 heteroatoms. The third-order valence-corrected chi connectivity index (χ3v) is 3.91. The van der Waals surface area contributed by atoms with Crippen LogP contribution >= 0.6 is 15.9 Å². The first-order chi connectivity index (χ1) is 7.30. The molecule has 0 aliphatic carbocycles. The molecular weight excluding hydrogens is 262 g/mol. The molecule has 0 aliphatic heterocycles. The van der Waals surface area contributed by atoms with E-state index in [1.807, 2.05) is 0 Å². The molecule has 0 saturated heterocycles. The molecule has 0 aromatic heterocycles. The summed E-state index contributed by atoms with van der Waals surface area (Å²) in [5.41, 5.74) is 7.78. The third kappa shape index (κ3) is 3.91. The van der Waals surface area contributed by atoms with Gasteiger partial charge in [-0.2, -0.15) is 0 Å². The molecule has 0 amide bonds. The van der Waals surface area contributed by atoms with Crippen molar-refractivity contribution in [3.63, 3.8) is 0 Å². The Labute approximate surface area is 108 Å². The predicted octanol–water partition coefficient (Wildman–Crippen LogP) is 4.52. The van der Waals surface area contributed by atoms with Crippen LogP contribution in [0.3, 0.4) is 0 Å². The lowest BCUT2D eigenvalue weighted by atomic mass is 9.78. The maximum atomic E-state index is 6.23. The van der Waals surface area contributed by atoms with Crippen molar-refractivity contribution in [3.8, 4) is 0 Å². The average Bonchev–Trinajstić information content (AvgIpc) is 2.17. The zero-order chi connectivity index (χ0) is 12.3. The molecule has 2 unspecified atom stereocenters. The number of benzene rings is 1. The number of halogens is 1. The zero-order valence-corrected chi connectivity index (χ0v) is 12.2. The van der Waals surface area contributed by atoms with E-state index in [0.29, 0.717) is 11.3 Å². The van der Waals surface area contributed by atoms with Crippen molar-refractivity contribution >= 4 is 15.9 Å². The van der Waals surface area contributed by atoms with Crippen LogP contribution in [-0.4, -0.2) is 0 Å². The van der Waals surface area contributed by atoms with Gasteiger partial charge in [0.15, 0.2) is 0 Å². The van der Waals surface area contributed by atoms with E-state index in [1.165, 1.54) is 5.56 Å². The summed E-state index contributed by atoms with van der Waals surface area (Å²) in [5.74, 6) is 0.617. The van der Waals surface area contributed by atoms with E-state index in [0.717, 1.165) is 10.9 Å². The molecule has 1 aromatic carbocycles. The predicted molar refractivity (Wildman–Crippen MR) is 74.3 cm³/mol. The fourth-order valence-electron chi connectivity index (χ4n) is 1.58. The molecule has 0 fully saturated rings. The molecule has 0 heterocycles. The highest BCUT2D eigenvalue weighted by atomic mass is 79.9. The Balaban J connectivity index is 2.65. The minimum atomic E-state index is 0.141. The van der Waals surface area contributed by atoms with Crippen molar-refractivity contribution in [1.82, 2.24) is 0 Å². The largest absolute Gasteiger partial charge is 0.324 e. The summed E-state index contributed by atoms with van der Waals surface area (Å²) in [7, 11) is 0. The fraction of sp³-hybridized carbons (Fsp3) is 0.571. The number of nitrogens with two attached hydrogens (primary N) is 1. The topological polar surface area (TPSA) is 26.0 Å². The molecule has 1 nitrogen and oxygen atoms in total. The maximum absolute atomic E-state index is 6.23. The molecule has 2 N–H and O–H groups in total. The Hall–Kier alpha value is -0.340. The monoisotopic (exact) mass is 283 g/mol. The molecule has 16 heavy (non-hydrogen) atoms. The van der Waals surface area contributed by atoms with Gasteiger partial charge in [0, 0.05) is 10.5 Å². The Morgan fingerprint density at radius 3 is 2.12 bits per heavy atom. The number of hydrogen-bond donors (Lipinski definition) is 1. The van der Waals surface area contributed by atoms with Crippen LogP contribution in [0.5, 0.6) is 0 Å². The Morgan fingerprint density at radius 1 is 1.19 bits per heavy atom. The molecule has 2 atom stereocenters. The van der Waals surface area contributed by atoms with Gasteiger partial charge < -0.3 is 5.73 Å². The first-order valence-electron chi connectivity index (χ1n) is 5.81. The molecule has 1 rings (SSSR count). The van der Waals surface area contributed by atoms with Gasteiger partial charge in [-0.25, -0.2) is 0 Å². The maximum Gasteiger partial charge on any atom is 0.0297 e. The number of rotatable bonds is 3. The van der Waals surface area contributed by atoms with Crippen LogP contribution in [0.15, 0.2) is 28.7 Å². The van der Waals surface area contributed by atoms with Crippen LogP contribution in [-0.2, 0) is 0 Å². The van der Waals surface area contributed by atoms with Crippen molar-refractivity contribution in [2.45, 2.75) is 40.2 Å². The lowest BCUT2D eigenvalue weighted by molar-refractivity contribution is 0.234. The van der Waals surface area contributed by atoms with Crippen LogP contribution < -0.4 is 5.73 Å². The van der Waals surface area contributed by atoms with Crippen LogP contribution in [0, 0.1) is 11.3 Å². The summed E-state index contributed by atoms with van der Waals surface area (Å²) in [4.78, 5) is 0. The van der Waals surface area contributed by atoms with Crippen LogP contribution in [0.1, 0.15) is 45.7 Å². The van der Waals surface area contributed by atoms with Crippen LogP contribution in [0.25, 0.3) is 0 Å². The molecule has 1 aromatic rings. The quantitative estimate of drug-likeness (QED) is 0.867. The number of hydrogen-bond acceptors (Lipinski definition) is 1. The fourth-order valence-corrected chi connectivity index (χ4v) is 1.84. The van der Waals surface area contributed by atoms with Crippen molar-refractivity contribution < 1.29 is 0 Å². The molecule has 0 spiro atoms. The van der Waals surface area contributed by atoms with Gasteiger partial charge in [-0.15, -0.1) is 0 Å². The van der Waals surface area contributed by atoms with Gasteiger partial charge >= 0.3 is 0 Å². The molecule has 0 radical (unpaired) electrons. The van der Waals surface area contributed by atoms with E-state index in [-0.39, 0.29) is 6.04 Å². The molecule has 90 valence electrons. The standard InChI is InChI=1S/C14H22BrN/c1-10(14(2,3)4)9-13(16)11-5-7-12(15)8-6-11/h5-8,10,13H,9,16H2,1-4H3. The zero-order valence-electron chi connectivity index (χ0n) is 10.6. The van der Waals surface area contributed by atoms with Crippen molar-refractivity contribution in [3.05, 3.63) is 34.3 Å². The van der Waals surface area contributed by atoms with E-state index >= 15 is 0 Å². The Bertz CT molecular complexity index is 324. The lowest BCUT2D eigenvalue weighted by Crippen LogP contribution is -2.23. The summed E-state index contributed by atoms with van der Waals surface area (Å²) in [6.07, 6.45) is 1.03. The van der Waals surface area contributed by atoms with Gasteiger partial charge in [0.25, 0.3) is 0 Å². The van der Waals surface area contributed by atoms with Crippen LogP contribution in [0.4, 0.5) is 0 Å². The van der Waals surface area contributed by atoms with Gasteiger partial charge in [-0.1, -0.05) is 55.8 Å². The van der Waals surface area contributed by atoms with Gasteiger partial charge in [0.2, 0.25) is 0 Å². The summed E-state index contributed by atoms with van der Waals surface area (Å²) in [5, 5.41) is 0. The van der Waals surface area contributed by atoms with Crippen LogP contribution in [0.2, 0.25) is 0 Å². The van der Waals surface area contributed by atoms with Crippen molar-refractivity contribution in [2.24, 2.45) is 17.1 Å². The molecule has 0 saturated carbocycles.